The van der Waals surface area contributed by atoms with E-state index in [-0.39, 0.29) is 17.6 Å². The summed E-state index contributed by atoms with van der Waals surface area (Å²) in [6, 6.07) is 13.1. The first-order valence-electron chi connectivity index (χ1n) is 9.15. The van der Waals surface area contributed by atoms with E-state index in [0.29, 0.717) is 32.5 Å². The van der Waals surface area contributed by atoms with Crippen LogP contribution >= 0.6 is 0 Å². The van der Waals surface area contributed by atoms with Gasteiger partial charge in [0.2, 0.25) is 15.9 Å². The topological polar surface area (TPSA) is 79.4 Å². The number of amides is 1. The first kappa shape index (κ1) is 19.5. The molecule has 1 saturated heterocycles. The molecule has 1 aromatic carbocycles. The summed E-state index contributed by atoms with van der Waals surface area (Å²) in [7, 11) is -3.37. The summed E-state index contributed by atoms with van der Waals surface area (Å²) in [6.45, 7) is 3.08. The van der Waals surface area contributed by atoms with Crippen molar-refractivity contribution in [1.29, 1.82) is 0 Å². The van der Waals surface area contributed by atoms with E-state index in [1.165, 1.54) is 4.31 Å². The van der Waals surface area contributed by atoms with Gasteiger partial charge in [0.15, 0.2) is 0 Å². The molecule has 1 amide bonds. The summed E-state index contributed by atoms with van der Waals surface area (Å²) in [6.07, 6.45) is 2.78. The van der Waals surface area contributed by atoms with Gasteiger partial charge in [-0.05, 0) is 43.0 Å². The zero-order chi connectivity index (χ0) is 19.3. The van der Waals surface area contributed by atoms with E-state index in [0.717, 1.165) is 16.8 Å². The van der Waals surface area contributed by atoms with Crippen LogP contribution in [0.15, 0.2) is 48.7 Å². The Bertz CT molecular complexity index is 876. The number of hydrogen-bond acceptors (Lipinski definition) is 4. The van der Waals surface area contributed by atoms with Crippen LogP contribution in [0.4, 0.5) is 0 Å². The zero-order valence-corrected chi connectivity index (χ0v) is 16.3. The number of carbonyl (C=O) groups is 1. The van der Waals surface area contributed by atoms with Crippen molar-refractivity contribution in [3.8, 4) is 0 Å². The quantitative estimate of drug-likeness (QED) is 0.824. The number of nitrogens with zero attached hydrogens (tertiary/aromatic N) is 2. The van der Waals surface area contributed by atoms with Gasteiger partial charge in [-0.15, -0.1) is 0 Å². The number of hydrogen-bond donors (Lipinski definition) is 1. The molecule has 1 N–H and O–H groups in total. The van der Waals surface area contributed by atoms with Gasteiger partial charge < -0.3 is 5.32 Å². The lowest BCUT2D eigenvalue weighted by Gasteiger charge is -2.30. The van der Waals surface area contributed by atoms with Crippen LogP contribution in [0.1, 0.15) is 29.7 Å². The highest BCUT2D eigenvalue weighted by atomic mass is 32.2. The van der Waals surface area contributed by atoms with Crippen LogP contribution in [0.2, 0.25) is 0 Å². The molecule has 2 heterocycles. The largest absolute Gasteiger partial charge is 0.350 e. The molecule has 1 fully saturated rings. The molecule has 2 aromatic rings. The van der Waals surface area contributed by atoms with E-state index in [1.807, 2.05) is 49.4 Å². The third-order valence-electron chi connectivity index (χ3n) is 4.99. The average molecular weight is 388 g/mol. The van der Waals surface area contributed by atoms with Gasteiger partial charge >= 0.3 is 0 Å². The number of carbonyl (C=O) groups excluding carboxylic acids is 1. The van der Waals surface area contributed by atoms with Crippen LogP contribution in [0, 0.1) is 12.8 Å². The number of nitrogens with one attached hydrogen (secondary N) is 1. The third kappa shape index (κ3) is 5.14. The number of piperidine rings is 1. The Kier molecular flexibility index (Phi) is 6.23. The van der Waals surface area contributed by atoms with E-state index >= 15 is 0 Å². The Balaban J connectivity index is 1.52. The van der Waals surface area contributed by atoms with Gasteiger partial charge in [-0.25, -0.2) is 12.7 Å². The second-order valence-corrected chi connectivity index (χ2v) is 8.86. The Morgan fingerprint density at radius 1 is 1.15 bits per heavy atom. The Morgan fingerprint density at radius 2 is 1.85 bits per heavy atom. The highest BCUT2D eigenvalue weighted by molar-refractivity contribution is 7.88. The van der Waals surface area contributed by atoms with E-state index in [2.05, 4.69) is 10.3 Å². The molecule has 3 rings (SSSR count). The Hall–Kier alpha value is -2.25. The first-order valence-corrected chi connectivity index (χ1v) is 10.8. The van der Waals surface area contributed by atoms with Crippen LogP contribution in [0.5, 0.6) is 0 Å². The lowest BCUT2D eigenvalue weighted by atomic mass is 9.97. The summed E-state index contributed by atoms with van der Waals surface area (Å²) in [5.74, 6) is -0.175. The van der Waals surface area contributed by atoms with E-state index < -0.39 is 10.0 Å². The first-order chi connectivity index (χ1) is 13.0. The lowest BCUT2D eigenvalue weighted by molar-refractivity contribution is -0.126. The van der Waals surface area contributed by atoms with Crippen molar-refractivity contribution in [2.24, 2.45) is 5.92 Å². The normalized spacial score (nSPS) is 16.2. The number of aryl methyl sites for hydroxylation is 1. The van der Waals surface area contributed by atoms with Gasteiger partial charge in [-0.2, -0.15) is 0 Å². The molecule has 7 heteroatoms. The van der Waals surface area contributed by atoms with Crippen molar-refractivity contribution < 1.29 is 13.2 Å². The Labute approximate surface area is 160 Å². The van der Waals surface area contributed by atoms with Crippen LogP contribution in [0.25, 0.3) is 0 Å². The van der Waals surface area contributed by atoms with Crippen LogP contribution < -0.4 is 5.32 Å². The minimum absolute atomic E-state index is 0.0101. The maximum Gasteiger partial charge on any atom is 0.223 e. The fraction of sp³-hybridized carbons (Fsp3) is 0.400. The summed E-state index contributed by atoms with van der Waals surface area (Å²) in [4.78, 5) is 16.5. The summed E-state index contributed by atoms with van der Waals surface area (Å²) >= 11 is 0. The second-order valence-electron chi connectivity index (χ2n) is 6.89. The summed E-state index contributed by atoms with van der Waals surface area (Å²) < 4.78 is 26.9. The monoisotopic (exact) mass is 387 g/mol. The van der Waals surface area contributed by atoms with Gasteiger partial charge in [0, 0.05) is 25.2 Å². The standard InChI is InChI=1S/C20H25N3O3S/c1-16-6-2-3-7-18(16)15-27(25,26)23-12-9-17(10-13-23)20(24)22-14-19-8-4-5-11-21-19/h2-8,11,17H,9-10,12-15H2,1H3,(H,22,24). The SMILES string of the molecule is Cc1ccccc1CS(=O)(=O)N1CCC(C(=O)NCc2ccccn2)CC1. The number of aromatic nitrogens is 1. The van der Waals surface area contributed by atoms with Gasteiger partial charge in [0.1, 0.15) is 0 Å². The van der Waals surface area contributed by atoms with Crippen LogP contribution in [-0.2, 0) is 27.1 Å². The van der Waals surface area contributed by atoms with E-state index in [1.54, 1.807) is 6.20 Å². The molecule has 144 valence electrons. The van der Waals surface area contributed by atoms with Gasteiger partial charge in [0.05, 0.1) is 18.0 Å². The molecule has 1 aliphatic rings. The smallest absolute Gasteiger partial charge is 0.223 e. The molecule has 0 atom stereocenters. The minimum atomic E-state index is -3.37. The van der Waals surface area contributed by atoms with Crippen molar-refractivity contribution in [3.63, 3.8) is 0 Å². The fourth-order valence-corrected chi connectivity index (χ4v) is 4.95. The molecule has 1 aliphatic heterocycles. The number of benzene rings is 1. The van der Waals surface area contributed by atoms with Gasteiger partial charge in [-0.1, -0.05) is 30.3 Å². The van der Waals surface area contributed by atoms with Crippen molar-refractivity contribution in [3.05, 3.63) is 65.5 Å². The van der Waals surface area contributed by atoms with E-state index in [9.17, 15) is 13.2 Å². The highest BCUT2D eigenvalue weighted by Gasteiger charge is 2.31. The molecular formula is C20H25N3O3S. The van der Waals surface area contributed by atoms with Crippen molar-refractivity contribution >= 4 is 15.9 Å². The van der Waals surface area contributed by atoms with Gasteiger partial charge in [0.25, 0.3) is 0 Å². The van der Waals surface area contributed by atoms with Crippen LogP contribution in [-0.4, -0.2) is 36.7 Å². The molecule has 0 radical (unpaired) electrons. The fourth-order valence-electron chi connectivity index (χ4n) is 3.28. The second kappa shape index (κ2) is 8.63. The number of rotatable bonds is 6. The molecule has 0 spiro atoms. The van der Waals surface area contributed by atoms with Crippen molar-refractivity contribution in [1.82, 2.24) is 14.6 Å². The lowest BCUT2D eigenvalue weighted by Crippen LogP contribution is -2.43. The summed E-state index contributed by atoms with van der Waals surface area (Å²) in [5.41, 5.74) is 2.61. The zero-order valence-electron chi connectivity index (χ0n) is 15.5. The minimum Gasteiger partial charge on any atom is -0.350 e. The van der Waals surface area contributed by atoms with Crippen LogP contribution in [0.3, 0.4) is 0 Å². The number of sulfonamides is 1. The predicted octanol–water partition coefficient (Wildman–Crippen LogP) is 2.25. The predicted molar refractivity (Wildman–Crippen MR) is 104 cm³/mol. The maximum atomic E-state index is 12.7. The average Bonchev–Trinajstić information content (AvgIpc) is 2.69. The van der Waals surface area contributed by atoms with Crippen molar-refractivity contribution in [2.75, 3.05) is 13.1 Å². The van der Waals surface area contributed by atoms with E-state index in [4.69, 9.17) is 0 Å². The molecule has 27 heavy (non-hydrogen) atoms. The number of pyridine rings is 1. The maximum absolute atomic E-state index is 12.7. The molecule has 1 aromatic heterocycles. The highest BCUT2D eigenvalue weighted by Crippen LogP contribution is 2.22. The molecule has 0 bridgehead atoms. The molecular weight excluding hydrogens is 362 g/mol. The molecule has 0 aliphatic carbocycles. The molecule has 6 nitrogen and oxygen atoms in total. The molecule has 0 unspecified atom stereocenters. The Morgan fingerprint density at radius 3 is 2.52 bits per heavy atom. The van der Waals surface area contributed by atoms with Crippen molar-refractivity contribution in [2.45, 2.75) is 32.1 Å². The summed E-state index contributed by atoms with van der Waals surface area (Å²) in [5, 5.41) is 2.90. The third-order valence-corrected chi connectivity index (χ3v) is 6.81. The molecule has 0 saturated carbocycles. The van der Waals surface area contributed by atoms with Gasteiger partial charge in [-0.3, -0.25) is 9.78 Å².